The van der Waals surface area contributed by atoms with E-state index in [0.29, 0.717) is 0 Å². The molecular formula is C12H22O3. The van der Waals surface area contributed by atoms with E-state index in [1.54, 1.807) is 13.8 Å². The minimum atomic E-state index is -1.54. The Morgan fingerprint density at radius 3 is 1.53 bits per heavy atom. The summed E-state index contributed by atoms with van der Waals surface area (Å²) in [6, 6.07) is 0. The van der Waals surface area contributed by atoms with E-state index < -0.39 is 16.8 Å². The quantitative estimate of drug-likeness (QED) is 0.599. The Morgan fingerprint density at radius 1 is 0.867 bits per heavy atom. The first kappa shape index (κ1) is 14.4. The Morgan fingerprint density at radius 2 is 1.27 bits per heavy atom. The summed E-state index contributed by atoms with van der Waals surface area (Å²) in [5, 5.41) is 29.5. The van der Waals surface area contributed by atoms with Crippen molar-refractivity contribution in [2.24, 2.45) is 5.92 Å². The van der Waals surface area contributed by atoms with E-state index >= 15 is 0 Å². The lowest BCUT2D eigenvalue weighted by Crippen LogP contribution is -2.52. The second-order valence-corrected chi connectivity index (χ2v) is 5.18. The zero-order valence-corrected chi connectivity index (χ0v) is 10.4. The molecule has 0 spiro atoms. The molecule has 88 valence electrons. The van der Waals surface area contributed by atoms with Gasteiger partial charge in [0.25, 0.3) is 0 Å². The SMILES string of the molecule is CC(C)C(C)(O)C(C)(O)C#CC(C)(C)O. The van der Waals surface area contributed by atoms with Gasteiger partial charge in [0.1, 0.15) is 11.2 Å². The lowest BCUT2D eigenvalue weighted by molar-refractivity contribution is -0.122. The van der Waals surface area contributed by atoms with Gasteiger partial charge in [0.05, 0.1) is 0 Å². The summed E-state index contributed by atoms with van der Waals surface area (Å²) in [6.07, 6.45) is 0. The maximum absolute atomic E-state index is 10.1. The van der Waals surface area contributed by atoms with Gasteiger partial charge in [0.2, 0.25) is 0 Å². The summed E-state index contributed by atoms with van der Waals surface area (Å²) in [7, 11) is 0. The molecule has 2 unspecified atom stereocenters. The molecule has 0 aromatic heterocycles. The van der Waals surface area contributed by atoms with Crippen molar-refractivity contribution in [2.75, 3.05) is 0 Å². The predicted octanol–water partition coefficient (Wildman–Crippen LogP) is 0.919. The van der Waals surface area contributed by atoms with Crippen molar-refractivity contribution in [3.8, 4) is 11.8 Å². The van der Waals surface area contributed by atoms with E-state index in [4.69, 9.17) is 0 Å². The van der Waals surface area contributed by atoms with Crippen LogP contribution in [0.5, 0.6) is 0 Å². The standard InChI is InChI=1S/C12H22O3/c1-9(2)12(6,15)11(5,14)8-7-10(3,4)13/h9,13-15H,1-6H3. The summed E-state index contributed by atoms with van der Waals surface area (Å²) < 4.78 is 0. The van der Waals surface area contributed by atoms with Crippen LogP contribution in [0.2, 0.25) is 0 Å². The minimum absolute atomic E-state index is 0.136. The molecule has 3 nitrogen and oxygen atoms in total. The lowest BCUT2D eigenvalue weighted by Gasteiger charge is -2.38. The topological polar surface area (TPSA) is 60.7 Å². The van der Waals surface area contributed by atoms with Crippen LogP contribution in [-0.4, -0.2) is 32.1 Å². The molecule has 0 saturated heterocycles. The first-order valence-corrected chi connectivity index (χ1v) is 5.11. The summed E-state index contributed by atoms with van der Waals surface area (Å²) in [6.45, 7) is 9.66. The molecule has 3 N–H and O–H groups in total. The molecule has 0 saturated carbocycles. The normalized spacial score (nSPS) is 20.1. The molecule has 3 heteroatoms. The van der Waals surface area contributed by atoms with E-state index in [1.165, 1.54) is 27.7 Å². The molecule has 0 fully saturated rings. The van der Waals surface area contributed by atoms with Crippen molar-refractivity contribution >= 4 is 0 Å². The van der Waals surface area contributed by atoms with Crippen molar-refractivity contribution < 1.29 is 15.3 Å². The van der Waals surface area contributed by atoms with Crippen molar-refractivity contribution in [3.63, 3.8) is 0 Å². The fourth-order valence-electron chi connectivity index (χ4n) is 0.963. The van der Waals surface area contributed by atoms with Gasteiger partial charge in [-0.1, -0.05) is 25.7 Å². The summed E-state index contributed by atoms with van der Waals surface area (Å²) in [4.78, 5) is 0. The Labute approximate surface area is 92.1 Å². The van der Waals surface area contributed by atoms with Crippen molar-refractivity contribution in [1.82, 2.24) is 0 Å². The van der Waals surface area contributed by atoms with Gasteiger partial charge < -0.3 is 15.3 Å². The molecule has 0 aliphatic carbocycles. The maximum atomic E-state index is 10.1. The van der Waals surface area contributed by atoms with Crippen LogP contribution in [0.25, 0.3) is 0 Å². The van der Waals surface area contributed by atoms with Crippen LogP contribution in [0.4, 0.5) is 0 Å². The van der Waals surface area contributed by atoms with E-state index in [9.17, 15) is 15.3 Å². The third kappa shape index (κ3) is 3.83. The van der Waals surface area contributed by atoms with Crippen LogP contribution < -0.4 is 0 Å². The average Bonchev–Trinajstić information content (AvgIpc) is 1.99. The highest BCUT2D eigenvalue weighted by Crippen LogP contribution is 2.29. The largest absolute Gasteiger partial charge is 0.386 e. The van der Waals surface area contributed by atoms with Crippen molar-refractivity contribution in [2.45, 2.75) is 58.3 Å². The van der Waals surface area contributed by atoms with E-state index in [-0.39, 0.29) is 5.92 Å². The van der Waals surface area contributed by atoms with Gasteiger partial charge in [0, 0.05) is 0 Å². The van der Waals surface area contributed by atoms with Crippen LogP contribution >= 0.6 is 0 Å². The third-order valence-electron chi connectivity index (χ3n) is 2.72. The lowest BCUT2D eigenvalue weighted by atomic mass is 9.77. The number of rotatable bonds is 2. The van der Waals surface area contributed by atoms with Gasteiger partial charge in [0.15, 0.2) is 5.60 Å². The van der Waals surface area contributed by atoms with E-state index in [2.05, 4.69) is 11.8 Å². The first-order valence-electron chi connectivity index (χ1n) is 5.11. The monoisotopic (exact) mass is 214 g/mol. The van der Waals surface area contributed by atoms with Gasteiger partial charge in [-0.2, -0.15) is 0 Å². The smallest absolute Gasteiger partial charge is 0.151 e. The molecule has 0 aliphatic heterocycles. The van der Waals surface area contributed by atoms with Gasteiger partial charge in [-0.25, -0.2) is 0 Å². The first-order chi connectivity index (χ1) is 6.40. The molecule has 15 heavy (non-hydrogen) atoms. The highest BCUT2D eigenvalue weighted by Gasteiger charge is 2.43. The fraction of sp³-hybridized carbons (Fsp3) is 0.833. The molecule has 0 bridgehead atoms. The Bertz CT molecular complexity index is 271. The molecule has 2 atom stereocenters. The fourth-order valence-corrected chi connectivity index (χ4v) is 0.963. The highest BCUT2D eigenvalue weighted by atomic mass is 16.4. The molecule has 0 rings (SSSR count). The summed E-state index contributed by atoms with van der Waals surface area (Å²) in [5.74, 6) is 4.91. The molecule has 0 radical (unpaired) electrons. The number of hydrogen-bond donors (Lipinski definition) is 3. The van der Waals surface area contributed by atoms with Crippen LogP contribution in [0.3, 0.4) is 0 Å². The molecule has 0 aromatic carbocycles. The molecule has 0 aliphatic rings. The highest BCUT2D eigenvalue weighted by molar-refractivity contribution is 5.23. The van der Waals surface area contributed by atoms with Gasteiger partial charge in [-0.3, -0.25) is 0 Å². The maximum Gasteiger partial charge on any atom is 0.151 e. The zero-order valence-electron chi connectivity index (χ0n) is 10.4. The van der Waals surface area contributed by atoms with Crippen molar-refractivity contribution in [1.29, 1.82) is 0 Å². The number of aliphatic hydroxyl groups is 3. The number of hydrogen-bond acceptors (Lipinski definition) is 3. The summed E-state index contributed by atoms with van der Waals surface area (Å²) >= 11 is 0. The van der Waals surface area contributed by atoms with Crippen LogP contribution in [0.1, 0.15) is 41.5 Å². The molecule has 0 aromatic rings. The molecule has 0 heterocycles. The Balaban J connectivity index is 5.05. The second kappa shape index (κ2) is 4.13. The van der Waals surface area contributed by atoms with E-state index in [0.717, 1.165) is 0 Å². The van der Waals surface area contributed by atoms with Crippen molar-refractivity contribution in [3.05, 3.63) is 0 Å². The molecular weight excluding hydrogens is 192 g/mol. The zero-order chi connectivity index (χ0) is 12.5. The summed E-state index contributed by atoms with van der Waals surface area (Å²) in [5.41, 5.74) is -4.02. The molecule has 0 amide bonds. The van der Waals surface area contributed by atoms with Gasteiger partial charge in [-0.05, 0) is 33.6 Å². The Hall–Kier alpha value is -0.560. The average molecular weight is 214 g/mol. The van der Waals surface area contributed by atoms with Crippen LogP contribution in [-0.2, 0) is 0 Å². The van der Waals surface area contributed by atoms with Gasteiger partial charge >= 0.3 is 0 Å². The third-order valence-corrected chi connectivity index (χ3v) is 2.72. The van der Waals surface area contributed by atoms with E-state index in [1.807, 2.05) is 0 Å². The second-order valence-electron chi connectivity index (χ2n) is 5.18. The predicted molar refractivity (Wildman–Crippen MR) is 60.2 cm³/mol. The van der Waals surface area contributed by atoms with Crippen LogP contribution in [0, 0.1) is 17.8 Å². The minimum Gasteiger partial charge on any atom is -0.386 e. The Kier molecular flexibility index (Phi) is 3.98. The van der Waals surface area contributed by atoms with Gasteiger partial charge in [-0.15, -0.1) is 0 Å². The van der Waals surface area contributed by atoms with Crippen LogP contribution in [0.15, 0.2) is 0 Å².